The number of hydrogen-bond donors (Lipinski definition) is 0. The normalized spacial score (nSPS) is 19.9. The molecule has 1 atom stereocenters. The van der Waals surface area contributed by atoms with Crippen LogP contribution in [0.2, 0.25) is 5.02 Å². The van der Waals surface area contributed by atoms with Crippen LogP contribution in [0.5, 0.6) is 0 Å². The van der Waals surface area contributed by atoms with Crippen molar-refractivity contribution in [3.05, 3.63) is 65.2 Å². The summed E-state index contributed by atoms with van der Waals surface area (Å²) in [5.74, 6) is -0.688. The van der Waals surface area contributed by atoms with Crippen LogP contribution >= 0.6 is 11.6 Å². The van der Waals surface area contributed by atoms with Crippen LogP contribution in [0.4, 0.5) is 5.69 Å². The lowest BCUT2D eigenvalue weighted by molar-refractivity contribution is -0.141. The lowest BCUT2D eigenvalue weighted by atomic mass is 9.92. The number of imide groups is 1. The van der Waals surface area contributed by atoms with Crippen molar-refractivity contribution in [3.8, 4) is 0 Å². The molecule has 1 heterocycles. The lowest BCUT2D eigenvalue weighted by Gasteiger charge is -2.37. The van der Waals surface area contributed by atoms with Gasteiger partial charge in [0, 0.05) is 11.1 Å². The molecule has 4 rings (SSSR count). The highest BCUT2D eigenvalue weighted by atomic mass is 35.5. The summed E-state index contributed by atoms with van der Waals surface area (Å²) in [5.41, 5.74) is 1.41. The maximum Gasteiger partial charge on any atom is 0.257 e. The van der Waals surface area contributed by atoms with Crippen molar-refractivity contribution in [2.24, 2.45) is 0 Å². The first kappa shape index (κ1) is 20.6. The maximum atomic E-state index is 13.4. The molecule has 0 radical (unpaired) electrons. The first-order valence-electron chi connectivity index (χ1n) is 10.5. The number of halogens is 1. The van der Waals surface area contributed by atoms with Crippen molar-refractivity contribution in [3.63, 3.8) is 0 Å². The first-order chi connectivity index (χ1) is 14.5. The number of carbonyl (C=O) groups is 3. The molecule has 1 saturated heterocycles. The summed E-state index contributed by atoms with van der Waals surface area (Å²) in [6.07, 6.45) is 5.23. The zero-order valence-electron chi connectivity index (χ0n) is 16.8. The van der Waals surface area contributed by atoms with Gasteiger partial charge in [-0.15, -0.1) is 0 Å². The molecule has 1 unspecified atom stereocenters. The molecule has 2 aromatic rings. The molecule has 2 aromatic carbocycles. The van der Waals surface area contributed by atoms with Crippen LogP contribution in [-0.4, -0.2) is 34.7 Å². The summed E-state index contributed by atoms with van der Waals surface area (Å²) in [5, 5.41) is 0.538. The summed E-state index contributed by atoms with van der Waals surface area (Å²) in [6.45, 7) is 0. The number of nitrogens with zero attached hydrogens (tertiary/aromatic N) is 2. The van der Waals surface area contributed by atoms with Gasteiger partial charge in [-0.25, -0.2) is 4.90 Å². The first-order valence-corrected chi connectivity index (χ1v) is 10.9. The molecular weight excluding hydrogens is 400 g/mol. The fourth-order valence-corrected chi connectivity index (χ4v) is 4.67. The SMILES string of the molecule is O=C1CC(N(C(=O)Cc2ccccc2)C2CCCCC2)C(=O)N1c1ccc(Cl)cc1. The van der Waals surface area contributed by atoms with Gasteiger partial charge in [-0.1, -0.05) is 61.2 Å². The molecule has 0 bridgehead atoms. The van der Waals surface area contributed by atoms with Gasteiger partial charge >= 0.3 is 0 Å². The minimum Gasteiger partial charge on any atom is -0.327 e. The Kier molecular flexibility index (Phi) is 6.18. The summed E-state index contributed by atoms with van der Waals surface area (Å²) in [4.78, 5) is 42.4. The second kappa shape index (κ2) is 9.00. The highest BCUT2D eigenvalue weighted by molar-refractivity contribution is 6.30. The van der Waals surface area contributed by atoms with E-state index in [1.165, 1.54) is 4.90 Å². The summed E-state index contributed by atoms with van der Waals surface area (Å²) in [7, 11) is 0. The molecule has 0 spiro atoms. The Balaban J connectivity index is 1.61. The molecule has 3 amide bonds. The van der Waals surface area contributed by atoms with Crippen molar-refractivity contribution >= 4 is 35.0 Å². The minimum absolute atomic E-state index is 0.00174. The van der Waals surface area contributed by atoms with Crippen LogP contribution in [0.15, 0.2) is 54.6 Å². The van der Waals surface area contributed by atoms with E-state index in [4.69, 9.17) is 11.6 Å². The molecule has 156 valence electrons. The number of benzene rings is 2. The highest BCUT2D eigenvalue weighted by Crippen LogP contribution is 2.32. The monoisotopic (exact) mass is 424 g/mol. The van der Waals surface area contributed by atoms with E-state index in [9.17, 15) is 14.4 Å². The third-order valence-corrected chi connectivity index (χ3v) is 6.25. The van der Waals surface area contributed by atoms with Gasteiger partial charge in [-0.2, -0.15) is 0 Å². The summed E-state index contributed by atoms with van der Waals surface area (Å²) >= 11 is 5.95. The van der Waals surface area contributed by atoms with Crippen molar-refractivity contribution in [2.45, 2.75) is 57.0 Å². The molecule has 2 fully saturated rings. The predicted molar refractivity (Wildman–Crippen MR) is 116 cm³/mol. The Bertz CT molecular complexity index is 923. The number of amides is 3. The van der Waals surface area contributed by atoms with E-state index < -0.39 is 6.04 Å². The van der Waals surface area contributed by atoms with Gasteiger partial charge in [0.1, 0.15) is 6.04 Å². The van der Waals surface area contributed by atoms with E-state index in [0.717, 1.165) is 37.7 Å². The second-order valence-electron chi connectivity index (χ2n) is 8.02. The molecule has 2 aliphatic rings. The van der Waals surface area contributed by atoms with Crippen molar-refractivity contribution in [1.82, 2.24) is 4.90 Å². The molecule has 6 heteroatoms. The van der Waals surface area contributed by atoms with Crippen LogP contribution in [0.3, 0.4) is 0 Å². The molecule has 0 N–H and O–H groups in total. The average molecular weight is 425 g/mol. The van der Waals surface area contributed by atoms with Gasteiger partial charge in [-0.05, 0) is 42.7 Å². The molecular formula is C24H25ClN2O3. The minimum atomic E-state index is -0.743. The summed E-state index contributed by atoms with van der Waals surface area (Å²) < 4.78 is 0. The van der Waals surface area contributed by atoms with Gasteiger partial charge in [0.15, 0.2) is 0 Å². The van der Waals surface area contributed by atoms with E-state index in [1.54, 1.807) is 29.2 Å². The average Bonchev–Trinajstić information content (AvgIpc) is 3.04. The fourth-order valence-electron chi connectivity index (χ4n) is 4.55. The van der Waals surface area contributed by atoms with Crippen molar-refractivity contribution in [1.29, 1.82) is 0 Å². The maximum absolute atomic E-state index is 13.4. The highest BCUT2D eigenvalue weighted by Gasteiger charge is 2.46. The zero-order valence-corrected chi connectivity index (χ0v) is 17.6. The quantitative estimate of drug-likeness (QED) is 0.669. The standard InChI is InChI=1S/C24H25ClN2O3/c25-18-11-13-20(14-12-18)27-23(29)16-21(24(27)30)26(19-9-5-2-6-10-19)22(28)15-17-7-3-1-4-8-17/h1,3-4,7-8,11-14,19,21H,2,5-6,9-10,15-16H2. The Labute approximate surface area is 181 Å². The van der Waals surface area contributed by atoms with E-state index in [1.807, 2.05) is 30.3 Å². The number of carbonyl (C=O) groups excluding carboxylic acids is 3. The second-order valence-corrected chi connectivity index (χ2v) is 8.46. The molecule has 5 nitrogen and oxygen atoms in total. The van der Waals surface area contributed by atoms with Crippen molar-refractivity contribution < 1.29 is 14.4 Å². The van der Waals surface area contributed by atoms with Crippen LogP contribution < -0.4 is 4.90 Å². The molecule has 1 saturated carbocycles. The lowest BCUT2D eigenvalue weighted by Crippen LogP contribution is -2.51. The number of rotatable bonds is 5. The van der Waals surface area contributed by atoms with Gasteiger partial charge in [0.05, 0.1) is 18.5 Å². The van der Waals surface area contributed by atoms with E-state index in [2.05, 4.69) is 0 Å². The number of anilines is 1. The predicted octanol–water partition coefficient (Wildman–Crippen LogP) is 4.38. The van der Waals surface area contributed by atoms with Crippen LogP contribution in [0.25, 0.3) is 0 Å². The van der Waals surface area contributed by atoms with Gasteiger partial charge in [0.25, 0.3) is 5.91 Å². The largest absolute Gasteiger partial charge is 0.327 e. The van der Waals surface area contributed by atoms with Crippen LogP contribution in [-0.2, 0) is 20.8 Å². The zero-order chi connectivity index (χ0) is 21.1. The van der Waals surface area contributed by atoms with Gasteiger partial charge in [-0.3, -0.25) is 14.4 Å². The van der Waals surface area contributed by atoms with Gasteiger partial charge < -0.3 is 4.90 Å². The van der Waals surface area contributed by atoms with Crippen LogP contribution in [0.1, 0.15) is 44.1 Å². The molecule has 1 aliphatic heterocycles. The number of hydrogen-bond acceptors (Lipinski definition) is 3. The van der Waals surface area contributed by atoms with Crippen molar-refractivity contribution in [2.75, 3.05) is 4.90 Å². The summed E-state index contributed by atoms with van der Waals surface area (Å²) in [6, 6.07) is 15.4. The Morgan fingerprint density at radius 3 is 2.30 bits per heavy atom. The molecule has 0 aromatic heterocycles. The van der Waals surface area contributed by atoms with E-state index in [0.29, 0.717) is 10.7 Å². The Morgan fingerprint density at radius 1 is 0.967 bits per heavy atom. The Morgan fingerprint density at radius 2 is 1.63 bits per heavy atom. The van der Waals surface area contributed by atoms with E-state index in [-0.39, 0.29) is 36.6 Å². The molecule has 1 aliphatic carbocycles. The van der Waals surface area contributed by atoms with Gasteiger partial charge in [0.2, 0.25) is 11.8 Å². The molecule has 30 heavy (non-hydrogen) atoms. The Hall–Kier alpha value is -2.66. The van der Waals surface area contributed by atoms with E-state index >= 15 is 0 Å². The fraction of sp³-hybridized carbons (Fsp3) is 0.375. The third kappa shape index (κ3) is 4.26. The third-order valence-electron chi connectivity index (χ3n) is 6.00. The topological polar surface area (TPSA) is 57.7 Å². The smallest absolute Gasteiger partial charge is 0.257 e. The van der Waals surface area contributed by atoms with Crippen LogP contribution in [0, 0.1) is 0 Å².